The van der Waals surface area contributed by atoms with Gasteiger partial charge in [0.1, 0.15) is 5.75 Å². The Kier molecular flexibility index (Phi) is 6.60. The lowest BCUT2D eigenvalue weighted by Gasteiger charge is -2.08. The van der Waals surface area contributed by atoms with Crippen molar-refractivity contribution in [1.29, 1.82) is 0 Å². The molecule has 1 aromatic heterocycles. The Morgan fingerprint density at radius 1 is 1.11 bits per heavy atom. The van der Waals surface area contributed by atoms with Crippen molar-refractivity contribution in [2.24, 2.45) is 0 Å². The molecule has 0 aliphatic heterocycles. The van der Waals surface area contributed by atoms with Crippen LogP contribution in [-0.4, -0.2) is 17.5 Å². The predicted molar refractivity (Wildman–Crippen MR) is 111 cm³/mol. The quantitative estimate of drug-likeness (QED) is 0.527. The molecule has 0 saturated carbocycles. The Bertz CT molecular complexity index is 870. The summed E-state index contributed by atoms with van der Waals surface area (Å²) in [4.78, 5) is 16.6. The number of hydrogen-bond donors (Lipinski definition) is 1. The van der Waals surface area contributed by atoms with E-state index < -0.39 is 0 Å². The summed E-state index contributed by atoms with van der Waals surface area (Å²) in [5, 5.41) is 6.01. The number of aryl methyl sites for hydroxylation is 2. The number of anilines is 1. The van der Waals surface area contributed by atoms with Crippen molar-refractivity contribution in [1.82, 2.24) is 4.98 Å². The fraction of sp³-hybridized carbons (Fsp3) is 0.273. The van der Waals surface area contributed by atoms with Crippen LogP contribution in [-0.2, 0) is 11.2 Å². The highest BCUT2D eigenvalue weighted by atomic mass is 32.1. The number of hydrogen-bond acceptors (Lipinski definition) is 4. The highest BCUT2D eigenvalue weighted by molar-refractivity contribution is 7.09. The van der Waals surface area contributed by atoms with Gasteiger partial charge < -0.3 is 10.1 Å². The molecule has 0 fully saturated rings. The molecule has 5 heteroatoms. The molecule has 2 aromatic carbocycles. The van der Waals surface area contributed by atoms with Gasteiger partial charge in [-0.25, -0.2) is 4.98 Å². The molecule has 140 valence electrons. The first-order valence-electron chi connectivity index (χ1n) is 9.18. The van der Waals surface area contributed by atoms with Crippen LogP contribution in [0, 0.1) is 6.92 Å². The Balaban J connectivity index is 1.41. The first-order valence-corrected chi connectivity index (χ1v) is 10.1. The molecule has 0 saturated heterocycles. The highest BCUT2D eigenvalue weighted by Crippen LogP contribution is 2.23. The van der Waals surface area contributed by atoms with E-state index in [9.17, 15) is 4.79 Å². The summed E-state index contributed by atoms with van der Waals surface area (Å²) in [5.74, 6) is 0.845. The smallest absolute Gasteiger partial charge is 0.224 e. The van der Waals surface area contributed by atoms with E-state index in [1.807, 2.05) is 48.7 Å². The summed E-state index contributed by atoms with van der Waals surface area (Å²) in [7, 11) is 0. The molecule has 3 rings (SSSR count). The third-order valence-electron chi connectivity index (χ3n) is 4.23. The number of nitrogens with one attached hydrogen (secondary N) is 1. The number of benzene rings is 2. The van der Waals surface area contributed by atoms with Gasteiger partial charge in [0.2, 0.25) is 5.91 Å². The van der Waals surface area contributed by atoms with Crippen LogP contribution in [0.2, 0.25) is 0 Å². The van der Waals surface area contributed by atoms with Crippen LogP contribution in [0.5, 0.6) is 5.75 Å². The molecule has 27 heavy (non-hydrogen) atoms. The maximum atomic E-state index is 12.1. The molecule has 1 N–H and O–H groups in total. The minimum atomic E-state index is -0.00261. The van der Waals surface area contributed by atoms with Gasteiger partial charge in [0.15, 0.2) is 0 Å². The number of thiazole rings is 1. The lowest BCUT2D eigenvalue weighted by atomic mass is 10.1. The molecule has 0 aliphatic rings. The standard InChI is InChI=1S/C22H24N2O2S/c1-3-17-6-12-20(13-7-17)26-14-4-5-22(25)24-19-10-8-18(9-11-19)21-15-27-16(2)23-21/h6-13,15H,3-5,14H2,1-2H3,(H,24,25). The maximum absolute atomic E-state index is 12.1. The largest absolute Gasteiger partial charge is 0.494 e. The van der Waals surface area contributed by atoms with E-state index in [0.29, 0.717) is 19.4 Å². The molecule has 1 amide bonds. The van der Waals surface area contributed by atoms with E-state index in [4.69, 9.17) is 4.74 Å². The molecule has 0 aliphatic carbocycles. The topological polar surface area (TPSA) is 51.2 Å². The monoisotopic (exact) mass is 380 g/mol. The Morgan fingerprint density at radius 3 is 2.48 bits per heavy atom. The molecule has 1 heterocycles. The minimum Gasteiger partial charge on any atom is -0.494 e. The second-order valence-corrected chi connectivity index (χ2v) is 7.39. The highest BCUT2D eigenvalue weighted by Gasteiger charge is 2.05. The molecule has 3 aromatic rings. The van der Waals surface area contributed by atoms with Gasteiger partial charge >= 0.3 is 0 Å². The minimum absolute atomic E-state index is 0.00261. The molecule has 0 bridgehead atoms. The van der Waals surface area contributed by atoms with Crippen molar-refractivity contribution in [2.45, 2.75) is 33.1 Å². The Morgan fingerprint density at radius 2 is 1.85 bits per heavy atom. The third-order valence-corrected chi connectivity index (χ3v) is 5.01. The number of carbonyl (C=O) groups is 1. The molecule has 4 nitrogen and oxygen atoms in total. The second-order valence-electron chi connectivity index (χ2n) is 6.33. The lowest BCUT2D eigenvalue weighted by Crippen LogP contribution is -2.12. The Hall–Kier alpha value is -2.66. The van der Waals surface area contributed by atoms with Gasteiger partial charge in [0.25, 0.3) is 0 Å². The SMILES string of the molecule is CCc1ccc(OCCCC(=O)Nc2ccc(-c3csc(C)n3)cc2)cc1. The number of amides is 1. The molecular formula is C22H24N2O2S. The molecule has 0 radical (unpaired) electrons. The summed E-state index contributed by atoms with van der Waals surface area (Å²) >= 11 is 1.63. The van der Waals surface area contributed by atoms with Crippen molar-refractivity contribution >= 4 is 22.9 Å². The Labute approximate surface area is 164 Å². The van der Waals surface area contributed by atoms with E-state index in [2.05, 4.69) is 29.4 Å². The molecule has 0 atom stereocenters. The number of rotatable bonds is 8. The van der Waals surface area contributed by atoms with Crippen molar-refractivity contribution in [3.8, 4) is 17.0 Å². The molecule has 0 spiro atoms. The van der Waals surface area contributed by atoms with E-state index in [-0.39, 0.29) is 5.91 Å². The van der Waals surface area contributed by atoms with E-state index in [1.165, 1.54) is 5.56 Å². The summed E-state index contributed by atoms with van der Waals surface area (Å²) in [6.07, 6.45) is 2.13. The van der Waals surface area contributed by atoms with Gasteiger partial charge in [-0.1, -0.05) is 31.2 Å². The zero-order valence-electron chi connectivity index (χ0n) is 15.7. The first-order chi connectivity index (χ1) is 13.1. The second kappa shape index (κ2) is 9.33. The first kappa shape index (κ1) is 19.1. The fourth-order valence-electron chi connectivity index (χ4n) is 2.69. The average Bonchev–Trinajstić information content (AvgIpc) is 3.13. The van der Waals surface area contributed by atoms with E-state index in [0.717, 1.165) is 34.1 Å². The average molecular weight is 381 g/mol. The van der Waals surface area contributed by atoms with Gasteiger partial charge in [-0.3, -0.25) is 4.79 Å². The van der Waals surface area contributed by atoms with E-state index >= 15 is 0 Å². The summed E-state index contributed by atoms with van der Waals surface area (Å²) in [5.41, 5.74) is 4.11. The predicted octanol–water partition coefficient (Wildman–Crippen LogP) is 5.48. The number of aromatic nitrogens is 1. The van der Waals surface area contributed by atoms with Crippen LogP contribution >= 0.6 is 11.3 Å². The van der Waals surface area contributed by atoms with Crippen LogP contribution in [0.15, 0.2) is 53.9 Å². The molecule has 0 unspecified atom stereocenters. The summed E-state index contributed by atoms with van der Waals surface area (Å²) < 4.78 is 5.69. The number of nitrogens with zero attached hydrogens (tertiary/aromatic N) is 1. The van der Waals surface area contributed by atoms with Crippen molar-refractivity contribution in [3.63, 3.8) is 0 Å². The van der Waals surface area contributed by atoms with Crippen LogP contribution in [0.3, 0.4) is 0 Å². The lowest BCUT2D eigenvalue weighted by molar-refractivity contribution is -0.116. The van der Waals surface area contributed by atoms with E-state index in [1.54, 1.807) is 11.3 Å². The van der Waals surface area contributed by atoms with Gasteiger partial charge in [-0.2, -0.15) is 0 Å². The van der Waals surface area contributed by atoms with Gasteiger partial charge in [0, 0.05) is 23.1 Å². The van der Waals surface area contributed by atoms with Crippen LogP contribution in [0.25, 0.3) is 11.3 Å². The van der Waals surface area contributed by atoms with Crippen molar-refractivity contribution in [2.75, 3.05) is 11.9 Å². The van der Waals surface area contributed by atoms with Gasteiger partial charge in [-0.15, -0.1) is 11.3 Å². The number of ether oxygens (including phenoxy) is 1. The van der Waals surface area contributed by atoms with Crippen LogP contribution in [0.4, 0.5) is 5.69 Å². The zero-order chi connectivity index (χ0) is 19.1. The molecular weight excluding hydrogens is 356 g/mol. The van der Waals surface area contributed by atoms with Gasteiger partial charge in [0.05, 0.1) is 17.3 Å². The fourth-order valence-corrected chi connectivity index (χ4v) is 3.31. The third kappa shape index (κ3) is 5.66. The summed E-state index contributed by atoms with van der Waals surface area (Å²) in [6, 6.07) is 15.9. The van der Waals surface area contributed by atoms with Crippen LogP contribution in [0.1, 0.15) is 30.3 Å². The van der Waals surface area contributed by atoms with Crippen molar-refractivity contribution in [3.05, 3.63) is 64.5 Å². The van der Waals surface area contributed by atoms with Gasteiger partial charge in [-0.05, 0) is 49.6 Å². The normalized spacial score (nSPS) is 10.6. The van der Waals surface area contributed by atoms with Crippen LogP contribution < -0.4 is 10.1 Å². The zero-order valence-corrected chi connectivity index (χ0v) is 16.5. The number of carbonyl (C=O) groups excluding carboxylic acids is 1. The summed E-state index contributed by atoms with van der Waals surface area (Å²) in [6.45, 7) is 4.65. The van der Waals surface area contributed by atoms with Crippen molar-refractivity contribution < 1.29 is 9.53 Å². The maximum Gasteiger partial charge on any atom is 0.224 e.